The van der Waals surface area contributed by atoms with Crippen LogP contribution in [0.15, 0.2) is 24.3 Å². The molecule has 0 aliphatic carbocycles. The van der Waals surface area contributed by atoms with Crippen LogP contribution in [0.4, 0.5) is 11.5 Å². The summed E-state index contributed by atoms with van der Waals surface area (Å²) >= 11 is 0. The van der Waals surface area contributed by atoms with Crippen molar-refractivity contribution in [3.63, 3.8) is 0 Å². The molecule has 0 unspecified atom stereocenters. The number of benzene rings is 1. The Labute approximate surface area is 125 Å². The summed E-state index contributed by atoms with van der Waals surface area (Å²) in [7, 11) is 2.14. The number of aryl methyl sites for hydroxylation is 2. The number of hydrazine groups is 1. The molecule has 2 heterocycles. The minimum Gasteiger partial charge on any atom is -0.374 e. The van der Waals surface area contributed by atoms with E-state index in [0.717, 1.165) is 36.5 Å². The highest BCUT2D eigenvalue weighted by molar-refractivity contribution is 5.66. The third-order valence-corrected chi connectivity index (χ3v) is 3.98. The Balaban J connectivity index is 2.04. The molecule has 0 saturated carbocycles. The smallest absolute Gasteiger partial charge is 0.161 e. The Morgan fingerprint density at radius 2 is 2.14 bits per heavy atom. The number of nitrogens with zero attached hydrogens (tertiary/aromatic N) is 3. The van der Waals surface area contributed by atoms with Gasteiger partial charge < -0.3 is 10.3 Å². The summed E-state index contributed by atoms with van der Waals surface area (Å²) in [4.78, 5) is 11.4. The van der Waals surface area contributed by atoms with E-state index in [1.807, 2.05) is 6.07 Å². The minimum absolute atomic E-state index is 0.659. The van der Waals surface area contributed by atoms with Crippen LogP contribution < -0.4 is 16.2 Å². The molecule has 1 aromatic heterocycles. The first-order chi connectivity index (χ1) is 10.2. The maximum Gasteiger partial charge on any atom is 0.161 e. The van der Waals surface area contributed by atoms with Crippen LogP contribution in [-0.2, 0) is 12.8 Å². The second kappa shape index (κ2) is 5.69. The zero-order chi connectivity index (χ0) is 14.8. The number of nitrogens with one attached hydrogen (secondary N) is 1. The van der Waals surface area contributed by atoms with E-state index in [1.165, 1.54) is 17.7 Å². The fourth-order valence-electron chi connectivity index (χ4n) is 2.81. The molecule has 0 radical (unpaired) electrons. The van der Waals surface area contributed by atoms with Crippen molar-refractivity contribution in [2.75, 3.05) is 23.9 Å². The van der Waals surface area contributed by atoms with Crippen LogP contribution in [0.5, 0.6) is 0 Å². The van der Waals surface area contributed by atoms with Gasteiger partial charge in [-0.25, -0.2) is 15.8 Å². The predicted octanol–water partition coefficient (Wildman–Crippen LogP) is 2.37. The van der Waals surface area contributed by atoms with Crippen molar-refractivity contribution in [3.8, 4) is 11.4 Å². The van der Waals surface area contributed by atoms with Gasteiger partial charge in [-0.15, -0.1) is 0 Å². The Bertz CT molecular complexity index is 631. The van der Waals surface area contributed by atoms with Gasteiger partial charge in [0.25, 0.3) is 0 Å². The Kier molecular flexibility index (Phi) is 3.75. The van der Waals surface area contributed by atoms with Gasteiger partial charge in [-0.3, -0.25) is 0 Å². The number of fused-ring (bicyclic) bond motifs is 1. The van der Waals surface area contributed by atoms with Crippen LogP contribution in [0.3, 0.4) is 0 Å². The van der Waals surface area contributed by atoms with E-state index in [0.29, 0.717) is 5.82 Å². The molecule has 1 aromatic carbocycles. The maximum atomic E-state index is 5.50. The molecule has 110 valence electrons. The van der Waals surface area contributed by atoms with Crippen molar-refractivity contribution < 1.29 is 0 Å². The Morgan fingerprint density at radius 3 is 2.90 bits per heavy atom. The molecule has 5 nitrogen and oxygen atoms in total. The first kappa shape index (κ1) is 13.8. The molecular weight excluding hydrogens is 262 g/mol. The van der Waals surface area contributed by atoms with E-state index in [2.05, 4.69) is 52.5 Å². The van der Waals surface area contributed by atoms with Crippen molar-refractivity contribution in [1.82, 2.24) is 9.97 Å². The molecule has 0 bridgehead atoms. The van der Waals surface area contributed by atoms with Gasteiger partial charge >= 0.3 is 0 Å². The van der Waals surface area contributed by atoms with Gasteiger partial charge in [-0.2, -0.15) is 0 Å². The molecule has 1 aliphatic rings. The Morgan fingerprint density at radius 1 is 1.29 bits per heavy atom. The van der Waals surface area contributed by atoms with Crippen molar-refractivity contribution >= 4 is 11.5 Å². The van der Waals surface area contributed by atoms with Crippen LogP contribution in [0, 0.1) is 0 Å². The quantitative estimate of drug-likeness (QED) is 0.668. The minimum atomic E-state index is 0.659. The molecule has 0 fully saturated rings. The van der Waals surface area contributed by atoms with Gasteiger partial charge in [-0.05, 0) is 43.0 Å². The molecule has 0 amide bonds. The summed E-state index contributed by atoms with van der Waals surface area (Å²) in [5.74, 6) is 6.90. The summed E-state index contributed by atoms with van der Waals surface area (Å²) in [5, 5.41) is 0. The average Bonchev–Trinajstić information content (AvgIpc) is 2.54. The fraction of sp³-hybridized carbons (Fsp3) is 0.375. The normalized spacial score (nSPS) is 14.0. The lowest BCUT2D eigenvalue weighted by Crippen LogP contribution is -2.24. The number of anilines is 2. The van der Waals surface area contributed by atoms with Gasteiger partial charge in [0.2, 0.25) is 0 Å². The van der Waals surface area contributed by atoms with E-state index >= 15 is 0 Å². The number of aromatic nitrogens is 2. The average molecular weight is 283 g/mol. The molecule has 3 rings (SSSR count). The van der Waals surface area contributed by atoms with Crippen LogP contribution in [0.25, 0.3) is 11.4 Å². The number of rotatable bonds is 3. The zero-order valence-electron chi connectivity index (χ0n) is 12.6. The van der Waals surface area contributed by atoms with Crippen molar-refractivity contribution in [3.05, 3.63) is 35.5 Å². The van der Waals surface area contributed by atoms with Gasteiger partial charge in [0.1, 0.15) is 5.82 Å². The first-order valence-corrected chi connectivity index (χ1v) is 7.40. The van der Waals surface area contributed by atoms with E-state index in [9.17, 15) is 0 Å². The molecule has 0 atom stereocenters. The van der Waals surface area contributed by atoms with Gasteiger partial charge in [0.05, 0.1) is 0 Å². The predicted molar refractivity (Wildman–Crippen MR) is 86.2 cm³/mol. The number of nitrogen functional groups attached to an aromatic ring is 1. The lowest BCUT2D eigenvalue weighted by molar-refractivity contribution is 0.744. The van der Waals surface area contributed by atoms with Crippen molar-refractivity contribution in [2.24, 2.45) is 5.84 Å². The molecule has 1 aliphatic heterocycles. The molecule has 0 spiro atoms. The summed E-state index contributed by atoms with van der Waals surface area (Å²) in [6, 6.07) is 8.35. The van der Waals surface area contributed by atoms with Crippen LogP contribution in [0.2, 0.25) is 0 Å². The Hall–Kier alpha value is -2.14. The molecule has 5 heteroatoms. The largest absolute Gasteiger partial charge is 0.374 e. The molecule has 21 heavy (non-hydrogen) atoms. The SMILES string of the molecule is CCc1cc(NN)nc(-c2ccc3c(c2)CCCN3C)n1. The second-order valence-electron chi connectivity index (χ2n) is 5.43. The van der Waals surface area contributed by atoms with Crippen molar-refractivity contribution in [1.29, 1.82) is 0 Å². The molecule has 2 aromatic rings. The number of nitrogens with two attached hydrogens (primary N) is 1. The highest BCUT2D eigenvalue weighted by atomic mass is 15.3. The number of hydrogen-bond acceptors (Lipinski definition) is 5. The third kappa shape index (κ3) is 2.69. The van der Waals surface area contributed by atoms with E-state index < -0.39 is 0 Å². The monoisotopic (exact) mass is 283 g/mol. The van der Waals surface area contributed by atoms with Gasteiger partial charge in [0.15, 0.2) is 5.82 Å². The summed E-state index contributed by atoms with van der Waals surface area (Å²) in [6.07, 6.45) is 3.17. The van der Waals surface area contributed by atoms with Crippen LogP contribution in [0.1, 0.15) is 24.6 Å². The highest BCUT2D eigenvalue weighted by Crippen LogP contribution is 2.30. The van der Waals surface area contributed by atoms with E-state index in [4.69, 9.17) is 5.84 Å². The fourth-order valence-corrected chi connectivity index (χ4v) is 2.81. The maximum absolute atomic E-state index is 5.50. The standard InChI is InChI=1S/C16H21N5/c1-3-13-10-15(20-17)19-16(18-13)12-6-7-14-11(9-12)5-4-8-21(14)2/h6-7,9-10H,3-5,8,17H2,1-2H3,(H,18,19,20). The summed E-state index contributed by atoms with van der Waals surface area (Å²) in [6.45, 7) is 3.20. The molecule has 3 N–H and O–H groups in total. The zero-order valence-corrected chi connectivity index (χ0v) is 12.6. The lowest BCUT2D eigenvalue weighted by atomic mass is 9.99. The lowest BCUT2D eigenvalue weighted by Gasteiger charge is -2.27. The third-order valence-electron chi connectivity index (χ3n) is 3.98. The first-order valence-electron chi connectivity index (χ1n) is 7.40. The summed E-state index contributed by atoms with van der Waals surface area (Å²) < 4.78 is 0. The van der Waals surface area contributed by atoms with Crippen LogP contribution in [-0.4, -0.2) is 23.6 Å². The highest BCUT2D eigenvalue weighted by Gasteiger charge is 2.15. The van der Waals surface area contributed by atoms with Gasteiger partial charge in [0, 0.05) is 36.6 Å². The van der Waals surface area contributed by atoms with E-state index in [1.54, 1.807) is 0 Å². The number of hydrogen-bond donors (Lipinski definition) is 2. The topological polar surface area (TPSA) is 67.1 Å². The van der Waals surface area contributed by atoms with Crippen LogP contribution >= 0.6 is 0 Å². The van der Waals surface area contributed by atoms with E-state index in [-0.39, 0.29) is 0 Å². The van der Waals surface area contributed by atoms with Crippen molar-refractivity contribution in [2.45, 2.75) is 26.2 Å². The molecular formula is C16H21N5. The van der Waals surface area contributed by atoms with Gasteiger partial charge in [-0.1, -0.05) is 6.92 Å². The molecule has 0 saturated heterocycles. The summed E-state index contributed by atoms with van der Waals surface area (Å²) in [5.41, 5.74) is 7.35. The second-order valence-corrected chi connectivity index (χ2v) is 5.43.